The highest BCUT2D eigenvalue weighted by Gasteiger charge is 2.23. The lowest BCUT2D eigenvalue weighted by Gasteiger charge is -2.22. The Hall–Kier alpha value is -1.83. The molecular weight excluding hydrogens is 400 g/mol. The summed E-state index contributed by atoms with van der Waals surface area (Å²) in [6, 6.07) is -1.32. The van der Waals surface area contributed by atoms with Crippen LogP contribution in [0.1, 0.15) is 107 Å². The SMILES string of the molecule is CCCCCC(N)C(=O)OC(C)(C)C.CCCCCC(NC(=O)OC(C)(C)C)C(=O)O. The Bertz CT molecular complexity index is 523. The number of carbonyl (C=O) groups is 3. The molecule has 0 aliphatic rings. The lowest BCUT2D eigenvalue weighted by Crippen LogP contribution is -2.43. The largest absolute Gasteiger partial charge is 0.480 e. The predicted octanol–water partition coefficient (Wildman–Crippen LogP) is 4.78. The van der Waals surface area contributed by atoms with Gasteiger partial charge in [0, 0.05) is 0 Å². The standard InChI is InChI=1S/C12H23NO4.C11H23NO2/c1-5-6-7-8-9(10(14)15)13-11(16)17-12(2,3)4;1-5-6-7-8-9(12)10(13)14-11(2,3)4/h9H,5-8H2,1-4H3,(H,13,16)(H,14,15);9H,5-8,12H2,1-4H3. The Labute approximate surface area is 188 Å². The van der Waals surface area contributed by atoms with Crippen LogP contribution in [-0.4, -0.2) is 46.4 Å². The molecule has 8 nitrogen and oxygen atoms in total. The zero-order valence-electron chi connectivity index (χ0n) is 20.9. The number of carboxylic acids is 1. The number of ether oxygens (including phenoxy) is 2. The van der Waals surface area contributed by atoms with Gasteiger partial charge in [-0.3, -0.25) is 4.79 Å². The third-order valence-electron chi connectivity index (χ3n) is 3.91. The molecule has 0 bridgehead atoms. The second-order valence-electron chi connectivity index (χ2n) is 9.67. The lowest BCUT2D eigenvalue weighted by molar-refractivity contribution is -0.156. The summed E-state index contributed by atoms with van der Waals surface area (Å²) in [5.74, 6) is -1.31. The maximum absolute atomic E-state index is 11.4. The lowest BCUT2D eigenvalue weighted by atomic mass is 10.1. The van der Waals surface area contributed by atoms with E-state index in [1.807, 2.05) is 27.7 Å². The van der Waals surface area contributed by atoms with Crippen molar-refractivity contribution >= 4 is 18.0 Å². The van der Waals surface area contributed by atoms with Gasteiger partial charge in [-0.05, 0) is 54.4 Å². The van der Waals surface area contributed by atoms with E-state index in [9.17, 15) is 14.4 Å². The average Bonchev–Trinajstić information content (AvgIpc) is 2.58. The molecule has 0 fully saturated rings. The zero-order chi connectivity index (χ0) is 24.7. The molecule has 2 unspecified atom stereocenters. The van der Waals surface area contributed by atoms with Gasteiger partial charge in [0.15, 0.2) is 0 Å². The minimum Gasteiger partial charge on any atom is -0.480 e. The number of unbranched alkanes of at least 4 members (excludes halogenated alkanes) is 4. The summed E-state index contributed by atoms with van der Waals surface area (Å²) in [6.45, 7) is 14.9. The number of alkyl carbamates (subject to hydrolysis) is 1. The van der Waals surface area contributed by atoms with Gasteiger partial charge in [-0.15, -0.1) is 0 Å². The van der Waals surface area contributed by atoms with E-state index in [4.69, 9.17) is 20.3 Å². The van der Waals surface area contributed by atoms with Gasteiger partial charge in [-0.25, -0.2) is 9.59 Å². The summed E-state index contributed by atoms with van der Waals surface area (Å²) in [7, 11) is 0. The molecule has 1 amide bonds. The van der Waals surface area contributed by atoms with Crippen molar-refractivity contribution in [1.82, 2.24) is 5.32 Å². The molecule has 184 valence electrons. The molecule has 2 atom stereocenters. The molecule has 0 heterocycles. The highest BCUT2D eigenvalue weighted by atomic mass is 16.6. The van der Waals surface area contributed by atoms with E-state index in [0.29, 0.717) is 6.42 Å². The fourth-order valence-corrected chi connectivity index (χ4v) is 2.42. The van der Waals surface area contributed by atoms with Gasteiger partial charge < -0.3 is 25.6 Å². The Balaban J connectivity index is 0. The van der Waals surface area contributed by atoms with Crippen LogP contribution in [0.4, 0.5) is 4.79 Å². The second kappa shape index (κ2) is 15.9. The molecular formula is C23H46N2O6. The van der Waals surface area contributed by atoms with Gasteiger partial charge in [0.1, 0.15) is 23.3 Å². The zero-order valence-corrected chi connectivity index (χ0v) is 20.9. The van der Waals surface area contributed by atoms with Gasteiger partial charge in [0.25, 0.3) is 0 Å². The van der Waals surface area contributed by atoms with Crippen LogP contribution in [0.5, 0.6) is 0 Å². The van der Waals surface area contributed by atoms with Crippen LogP contribution >= 0.6 is 0 Å². The highest BCUT2D eigenvalue weighted by Crippen LogP contribution is 2.11. The van der Waals surface area contributed by atoms with Crippen molar-refractivity contribution in [2.45, 2.75) is 130 Å². The summed E-state index contributed by atoms with van der Waals surface area (Å²) in [4.78, 5) is 33.7. The molecule has 0 radical (unpaired) electrons. The number of hydrogen-bond donors (Lipinski definition) is 3. The molecule has 0 aliphatic heterocycles. The molecule has 0 aromatic rings. The van der Waals surface area contributed by atoms with Crippen molar-refractivity contribution in [2.24, 2.45) is 5.73 Å². The number of carbonyl (C=O) groups excluding carboxylic acids is 2. The van der Waals surface area contributed by atoms with Crippen LogP contribution in [0.2, 0.25) is 0 Å². The van der Waals surface area contributed by atoms with E-state index in [2.05, 4.69) is 12.2 Å². The quantitative estimate of drug-likeness (QED) is 0.308. The first-order valence-electron chi connectivity index (χ1n) is 11.3. The van der Waals surface area contributed by atoms with Crippen LogP contribution in [0.25, 0.3) is 0 Å². The third-order valence-corrected chi connectivity index (χ3v) is 3.91. The van der Waals surface area contributed by atoms with E-state index < -0.39 is 35.3 Å². The summed E-state index contributed by atoms with van der Waals surface area (Å²) in [5.41, 5.74) is 4.65. The molecule has 0 aliphatic carbocycles. The summed E-state index contributed by atoms with van der Waals surface area (Å²) >= 11 is 0. The van der Waals surface area contributed by atoms with Crippen molar-refractivity contribution in [3.8, 4) is 0 Å². The molecule has 0 aromatic carbocycles. The first-order chi connectivity index (χ1) is 14.1. The van der Waals surface area contributed by atoms with Gasteiger partial charge in [0.05, 0.1) is 0 Å². The van der Waals surface area contributed by atoms with E-state index >= 15 is 0 Å². The van der Waals surface area contributed by atoms with Crippen LogP contribution in [0, 0.1) is 0 Å². The van der Waals surface area contributed by atoms with Gasteiger partial charge in [0.2, 0.25) is 0 Å². The summed E-state index contributed by atoms with van der Waals surface area (Å²) in [6.07, 6.45) is 6.49. The van der Waals surface area contributed by atoms with E-state index in [-0.39, 0.29) is 5.97 Å². The van der Waals surface area contributed by atoms with Crippen LogP contribution < -0.4 is 11.1 Å². The monoisotopic (exact) mass is 446 g/mol. The first kappa shape index (κ1) is 31.4. The molecule has 0 rings (SSSR count). The average molecular weight is 447 g/mol. The minimum atomic E-state index is -1.02. The minimum absolute atomic E-state index is 0.284. The first-order valence-corrected chi connectivity index (χ1v) is 11.3. The number of nitrogens with one attached hydrogen (secondary N) is 1. The van der Waals surface area contributed by atoms with Gasteiger partial charge in [-0.2, -0.15) is 0 Å². The number of rotatable bonds is 11. The number of aliphatic carboxylic acids is 1. The molecule has 0 saturated carbocycles. The number of amides is 1. The topological polar surface area (TPSA) is 128 Å². The number of hydrogen-bond acceptors (Lipinski definition) is 6. The molecule has 0 spiro atoms. The fourth-order valence-electron chi connectivity index (χ4n) is 2.42. The van der Waals surface area contributed by atoms with Crippen molar-refractivity contribution in [2.75, 3.05) is 0 Å². The fraction of sp³-hybridized carbons (Fsp3) is 0.870. The van der Waals surface area contributed by atoms with Gasteiger partial charge >= 0.3 is 18.0 Å². The predicted molar refractivity (Wildman–Crippen MR) is 123 cm³/mol. The summed E-state index contributed by atoms with van der Waals surface area (Å²) < 4.78 is 10.2. The van der Waals surface area contributed by atoms with Crippen LogP contribution in [-0.2, 0) is 19.1 Å². The molecule has 0 saturated heterocycles. The smallest absolute Gasteiger partial charge is 0.408 e. The Morgan fingerprint density at radius 3 is 1.68 bits per heavy atom. The molecule has 4 N–H and O–H groups in total. The number of carboxylic acid groups (broad SMARTS) is 1. The van der Waals surface area contributed by atoms with Crippen molar-refractivity contribution in [1.29, 1.82) is 0 Å². The molecule has 8 heteroatoms. The Morgan fingerprint density at radius 1 is 0.839 bits per heavy atom. The molecule has 31 heavy (non-hydrogen) atoms. The van der Waals surface area contributed by atoms with E-state index in [1.165, 1.54) is 0 Å². The number of esters is 1. The van der Waals surface area contributed by atoms with Crippen molar-refractivity contribution in [3.05, 3.63) is 0 Å². The highest BCUT2D eigenvalue weighted by molar-refractivity contribution is 5.80. The summed E-state index contributed by atoms with van der Waals surface area (Å²) in [5, 5.41) is 11.3. The maximum Gasteiger partial charge on any atom is 0.408 e. The van der Waals surface area contributed by atoms with Crippen LogP contribution in [0.15, 0.2) is 0 Å². The van der Waals surface area contributed by atoms with Gasteiger partial charge in [-0.1, -0.05) is 52.4 Å². The maximum atomic E-state index is 11.4. The normalized spacial score (nSPS) is 13.3. The second-order valence-corrected chi connectivity index (χ2v) is 9.67. The third kappa shape index (κ3) is 21.2. The molecule has 0 aromatic heterocycles. The Morgan fingerprint density at radius 2 is 1.29 bits per heavy atom. The van der Waals surface area contributed by atoms with E-state index in [0.717, 1.165) is 44.9 Å². The van der Waals surface area contributed by atoms with Crippen LogP contribution in [0.3, 0.4) is 0 Å². The number of nitrogens with two attached hydrogens (primary N) is 1. The van der Waals surface area contributed by atoms with E-state index in [1.54, 1.807) is 20.8 Å². The Kier molecular flexibility index (Phi) is 16.1. The van der Waals surface area contributed by atoms with Crippen molar-refractivity contribution in [3.63, 3.8) is 0 Å². The van der Waals surface area contributed by atoms with Crippen molar-refractivity contribution < 1.29 is 29.0 Å².